The Hall–Kier alpha value is -1.32. The number of halogens is 3. The summed E-state index contributed by atoms with van der Waals surface area (Å²) in [5, 5.41) is 0. The van der Waals surface area contributed by atoms with Gasteiger partial charge in [0.15, 0.2) is 17.4 Å². The van der Waals surface area contributed by atoms with Crippen LogP contribution in [0.3, 0.4) is 0 Å². The minimum atomic E-state index is -1.28. The molecule has 0 saturated carbocycles. The highest BCUT2D eigenvalue weighted by Gasteiger charge is 2.21. The minimum absolute atomic E-state index is 0.0556. The van der Waals surface area contributed by atoms with E-state index < -0.39 is 23.2 Å². The van der Waals surface area contributed by atoms with Crippen LogP contribution >= 0.6 is 0 Å². The molecule has 0 radical (unpaired) electrons. The van der Waals surface area contributed by atoms with E-state index >= 15 is 0 Å². The maximum Gasteiger partial charge on any atom is 0.166 e. The Morgan fingerprint density at radius 2 is 1.63 bits per heavy atom. The zero-order chi connectivity index (χ0) is 14.8. The molecular formula is C15H19F3O. The molecule has 0 fully saturated rings. The average molecular weight is 272 g/mol. The molecule has 0 heterocycles. The molecule has 4 heteroatoms. The lowest BCUT2D eigenvalue weighted by atomic mass is 9.83. The van der Waals surface area contributed by atoms with Crippen LogP contribution in [0.1, 0.15) is 50.9 Å². The van der Waals surface area contributed by atoms with Gasteiger partial charge in [0, 0.05) is 12.5 Å². The van der Waals surface area contributed by atoms with Crippen molar-refractivity contribution in [3.8, 4) is 0 Å². The van der Waals surface area contributed by atoms with Crippen molar-refractivity contribution in [3.05, 3.63) is 35.1 Å². The van der Waals surface area contributed by atoms with Crippen molar-refractivity contribution < 1.29 is 18.0 Å². The van der Waals surface area contributed by atoms with E-state index in [1.807, 2.05) is 27.7 Å². The van der Waals surface area contributed by atoms with Gasteiger partial charge in [-0.3, -0.25) is 4.79 Å². The standard InChI is InChI=1S/C15H19F3O/c1-9(8-15(2,3)4)5-14(19)10-6-12(17)13(18)7-11(10)16/h6-7,9H,5,8H2,1-4H3. The van der Waals surface area contributed by atoms with Crippen molar-refractivity contribution in [3.63, 3.8) is 0 Å². The minimum Gasteiger partial charge on any atom is -0.294 e. The molecule has 0 bridgehead atoms. The Balaban J connectivity index is 2.82. The van der Waals surface area contributed by atoms with Gasteiger partial charge in [0.05, 0.1) is 5.56 Å². The fourth-order valence-corrected chi connectivity index (χ4v) is 2.28. The van der Waals surface area contributed by atoms with Crippen molar-refractivity contribution >= 4 is 5.78 Å². The molecule has 1 aromatic carbocycles. The topological polar surface area (TPSA) is 17.1 Å². The lowest BCUT2D eigenvalue weighted by Gasteiger charge is -2.22. The molecule has 0 aliphatic rings. The molecule has 1 rings (SSSR count). The van der Waals surface area contributed by atoms with Gasteiger partial charge in [0.25, 0.3) is 0 Å². The predicted molar refractivity (Wildman–Crippen MR) is 68.5 cm³/mol. The van der Waals surface area contributed by atoms with Gasteiger partial charge in [-0.15, -0.1) is 0 Å². The van der Waals surface area contributed by atoms with E-state index in [0.717, 1.165) is 6.42 Å². The van der Waals surface area contributed by atoms with Crippen LogP contribution < -0.4 is 0 Å². The van der Waals surface area contributed by atoms with Crippen LogP contribution in [0.25, 0.3) is 0 Å². The predicted octanol–water partition coefficient (Wildman–Crippen LogP) is 4.75. The molecule has 0 amide bonds. The van der Waals surface area contributed by atoms with Crippen molar-refractivity contribution in [2.75, 3.05) is 0 Å². The first-order chi connectivity index (χ1) is 8.60. The molecule has 1 nitrogen and oxygen atoms in total. The number of hydrogen-bond donors (Lipinski definition) is 0. The first-order valence-electron chi connectivity index (χ1n) is 6.28. The summed E-state index contributed by atoms with van der Waals surface area (Å²) in [6.07, 6.45) is 0.920. The summed E-state index contributed by atoms with van der Waals surface area (Å²) in [6, 6.07) is 1.05. The number of rotatable bonds is 4. The van der Waals surface area contributed by atoms with Gasteiger partial charge in [-0.25, -0.2) is 13.2 Å². The summed E-state index contributed by atoms with van der Waals surface area (Å²) in [5.41, 5.74) is -0.314. The van der Waals surface area contributed by atoms with Crippen LogP contribution in [0, 0.1) is 28.8 Å². The lowest BCUT2D eigenvalue weighted by molar-refractivity contribution is 0.0949. The maximum atomic E-state index is 13.4. The quantitative estimate of drug-likeness (QED) is 0.571. The number of carbonyl (C=O) groups excluding carboxylic acids is 1. The Morgan fingerprint density at radius 3 is 2.16 bits per heavy atom. The van der Waals surface area contributed by atoms with Crippen LogP contribution in [-0.2, 0) is 0 Å². The van der Waals surface area contributed by atoms with E-state index in [-0.39, 0.29) is 23.3 Å². The van der Waals surface area contributed by atoms with Crippen LogP contribution in [0.4, 0.5) is 13.2 Å². The first-order valence-corrected chi connectivity index (χ1v) is 6.28. The molecule has 1 aromatic rings. The van der Waals surface area contributed by atoms with Gasteiger partial charge in [0.2, 0.25) is 0 Å². The second-order valence-electron chi connectivity index (χ2n) is 6.24. The fourth-order valence-electron chi connectivity index (χ4n) is 2.28. The summed E-state index contributed by atoms with van der Waals surface area (Å²) < 4.78 is 39.3. The van der Waals surface area contributed by atoms with Crippen molar-refractivity contribution in [1.82, 2.24) is 0 Å². The molecule has 0 saturated heterocycles. The molecule has 1 unspecified atom stereocenters. The molecule has 0 aliphatic carbocycles. The van der Waals surface area contributed by atoms with E-state index in [2.05, 4.69) is 0 Å². The first kappa shape index (κ1) is 15.7. The third-order valence-electron chi connectivity index (χ3n) is 2.81. The van der Waals surface area contributed by atoms with E-state index in [0.29, 0.717) is 12.1 Å². The van der Waals surface area contributed by atoms with E-state index in [9.17, 15) is 18.0 Å². The summed E-state index contributed by atoms with van der Waals surface area (Å²) in [7, 11) is 0. The van der Waals surface area contributed by atoms with Gasteiger partial charge < -0.3 is 0 Å². The summed E-state index contributed by atoms with van der Waals surface area (Å²) in [6.45, 7) is 8.03. The third-order valence-corrected chi connectivity index (χ3v) is 2.81. The second kappa shape index (κ2) is 5.76. The summed E-state index contributed by atoms with van der Waals surface area (Å²) in [5.74, 6) is -3.93. The van der Waals surface area contributed by atoms with Gasteiger partial charge in [-0.05, 0) is 23.8 Å². The maximum absolute atomic E-state index is 13.4. The molecular weight excluding hydrogens is 253 g/mol. The zero-order valence-corrected chi connectivity index (χ0v) is 11.7. The molecule has 19 heavy (non-hydrogen) atoms. The fraction of sp³-hybridized carbons (Fsp3) is 0.533. The highest BCUT2D eigenvalue weighted by atomic mass is 19.2. The molecule has 0 spiro atoms. The molecule has 0 aliphatic heterocycles. The third kappa shape index (κ3) is 4.69. The van der Waals surface area contributed by atoms with E-state index in [1.54, 1.807) is 0 Å². The highest BCUT2D eigenvalue weighted by molar-refractivity contribution is 5.96. The Kier molecular flexibility index (Phi) is 4.77. The second-order valence-corrected chi connectivity index (χ2v) is 6.24. The average Bonchev–Trinajstić information content (AvgIpc) is 2.20. The number of carbonyl (C=O) groups is 1. The summed E-state index contributed by atoms with van der Waals surface area (Å²) in [4.78, 5) is 11.9. The Bertz CT molecular complexity index is 475. The Morgan fingerprint density at radius 1 is 1.11 bits per heavy atom. The smallest absolute Gasteiger partial charge is 0.166 e. The monoisotopic (exact) mass is 272 g/mol. The van der Waals surface area contributed by atoms with E-state index in [1.165, 1.54) is 0 Å². The lowest BCUT2D eigenvalue weighted by Crippen LogP contribution is -2.15. The normalized spacial score (nSPS) is 13.4. The van der Waals surface area contributed by atoms with Crippen LogP contribution in [-0.4, -0.2) is 5.78 Å². The summed E-state index contributed by atoms with van der Waals surface area (Å²) >= 11 is 0. The molecule has 1 atom stereocenters. The van der Waals surface area contributed by atoms with Crippen LogP contribution in [0.15, 0.2) is 12.1 Å². The molecule has 0 N–H and O–H groups in total. The molecule has 0 aromatic heterocycles. The van der Waals surface area contributed by atoms with Gasteiger partial charge in [-0.2, -0.15) is 0 Å². The van der Waals surface area contributed by atoms with Crippen LogP contribution in [0.2, 0.25) is 0 Å². The van der Waals surface area contributed by atoms with Crippen molar-refractivity contribution in [1.29, 1.82) is 0 Å². The van der Waals surface area contributed by atoms with Gasteiger partial charge in [0.1, 0.15) is 5.82 Å². The number of hydrogen-bond acceptors (Lipinski definition) is 1. The SMILES string of the molecule is CC(CC(=O)c1cc(F)c(F)cc1F)CC(C)(C)C. The highest BCUT2D eigenvalue weighted by Crippen LogP contribution is 2.27. The number of ketones is 1. The number of Topliss-reactive ketones (excluding diaryl/α,β-unsaturated/α-hetero) is 1. The molecule has 106 valence electrons. The number of benzene rings is 1. The van der Waals surface area contributed by atoms with E-state index in [4.69, 9.17) is 0 Å². The Labute approximate surface area is 111 Å². The van der Waals surface area contributed by atoms with Crippen molar-refractivity contribution in [2.24, 2.45) is 11.3 Å². The van der Waals surface area contributed by atoms with Gasteiger partial charge in [-0.1, -0.05) is 27.7 Å². The van der Waals surface area contributed by atoms with Crippen LogP contribution in [0.5, 0.6) is 0 Å². The van der Waals surface area contributed by atoms with Crippen molar-refractivity contribution in [2.45, 2.75) is 40.5 Å². The largest absolute Gasteiger partial charge is 0.294 e. The zero-order valence-electron chi connectivity index (χ0n) is 11.7. The van der Waals surface area contributed by atoms with Gasteiger partial charge >= 0.3 is 0 Å².